The molecule has 0 fully saturated rings. The molecule has 0 unspecified atom stereocenters. The molecule has 104 valence electrons. The summed E-state index contributed by atoms with van der Waals surface area (Å²) in [4.78, 5) is 14.9. The summed E-state index contributed by atoms with van der Waals surface area (Å²) >= 11 is 1.64. The van der Waals surface area contributed by atoms with Crippen LogP contribution in [-0.2, 0) is 17.6 Å². The molecule has 4 heteroatoms. The monoisotopic (exact) mass is 278 g/mol. The molecule has 0 saturated heterocycles. The first kappa shape index (κ1) is 14.4. The van der Waals surface area contributed by atoms with Crippen molar-refractivity contribution in [2.45, 2.75) is 24.2 Å². The van der Waals surface area contributed by atoms with Crippen molar-refractivity contribution in [2.24, 2.45) is 0 Å². The van der Waals surface area contributed by atoms with Gasteiger partial charge in [0.25, 0.3) is 0 Å². The van der Waals surface area contributed by atoms with Gasteiger partial charge in [-0.1, -0.05) is 6.07 Å². The van der Waals surface area contributed by atoms with E-state index in [0.717, 1.165) is 13.1 Å². The van der Waals surface area contributed by atoms with E-state index in [2.05, 4.69) is 23.5 Å². The number of hydrogen-bond acceptors (Lipinski definition) is 3. The maximum absolute atomic E-state index is 11.9. The first-order valence-electron chi connectivity index (χ1n) is 6.84. The Labute approximate surface area is 119 Å². The molecule has 0 bridgehead atoms. The Hall–Kier alpha value is -1.00. The highest BCUT2D eigenvalue weighted by atomic mass is 32.2. The Morgan fingerprint density at radius 3 is 2.95 bits per heavy atom. The largest absolute Gasteiger partial charge is 0.344 e. The summed E-state index contributed by atoms with van der Waals surface area (Å²) in [6, 6.07) is 6.63. The minimum atomic E-state index is 0.195. The fourth-order valence-corrected chi connectivity index (χ4v) is 3.20. The van der Waals surface area contributed by atoms with Gasteiger partial charge in [-0.05, 0) is 49.6 Å². The minimum Gasteiger partial charge on any atom is -0.344 e. The van der Waals surface area contributed by atoms with Gasteiger partial charge in [0, 0.05) is 25.0 Å². The van der Waals surface area contributed by atoms with Crippen molar-refractivity contribution in [3.63, 3.8) is 0 Å². The average molecular weight is 278 g/mol. The number of carbonyl (C=O) groups is 1. The molecule has 0 aromatic heterocycles. The Bertz CT molecular complexity index is 448. The molecule has 1 aliphatic rings. The normalized spacial score (nSPS) is 13.4. The number of nitrogens with zero attached hydrogens (tertiary/aromatic N) is 1. The number of rotatable bonds is 6. The Kier molecular flexibility index (Phi) is 5.28. The van der Waals surface area contributed by atoms with Crippen LogP contribution in [0.1, 0.15) is 17.5 Å². The van der Waals surface area contributed by atoms with Crippen LogP contribution in [-0.4, -0.2) is 43.7 Å². The van der Waals surface area contributed by atoms with E-state index in [1.807, 2.05) is 14.1 Å². The summed E-state index contributed by atoms with van der Waals surface area (Å²) in [6.07, 6.45) is 3.68. The summed E-state index contributed by atoms with van der Waals surface area (Å²) in [7, 11) is 3.76. The fourth-order valence-electron chi connectivity index (χ4n) is 2.30. The van der Waals surface area contributed by atoms with Crippen molar-refractivity contribution < 1.29 is 4.79 Å². The van der Waals surface area contributed by atoms with Crippen LogP contribution in [0.15, 0.2) is 23.1 Å². The smallest absolute Gasteiger partial charge is 0.232 e. The molecule has 0 spiro atoms. The topological polar surface area (TPSA) is 32.3 Å². The third-order valence-corrected chi connectivity index (χ3v) is 4.53. The van der Waals surface area contributed by atoms with E-state index in [4.69, 9.17) is 0 Å². The van der Waals surface area contributed by atoms with Crippen molar-refractivity contribution in [1.82, 2.24) is 10.2 Å². The lowest BCUT2D eigenvalue weighted by molar-refractivity contribution is -0.127. The average Bonchev–Trinajstić information content (AvgIpc) is 2.89. The third kappa shape index (κ3) is 3.98. The number of aryl methyl sites for hydroxylation is 2. The SMILES string of the molecule is CNCCN(C)C(=O)CSc1ccc2c(c1)CCC2. The van der Waals surface area contributed by atoms with Gasteiger partial charge in [0.05, 0.1) is 5.75 Å². The highest BCUT2D eigenvalue weighted by molar-refractivity contribution is 8.00. The highest BCUT2D eigenvalue weighted by Crippen LogP contribution is 2.27. The zero-order chi connectivity index (χ0) is 13.7. The molecular weight excluding hydrogens is 256 g/mol. The number of fused-ring (bicyclic) bond motifs is 1. The van der Waals surface area contributed by atoms with Crippen LogP contribution in [0.3, 0.4) is 0 Å². The number of thioether (sulfide) groups is 1. The van der Waals surface area contributed by atoms with Gasteiger partial charge in [-0.25, -0.2) is 0 Å². The molecule has 1 aromatic carbocycles. The third-order valence-electron chi connectivity index (χ3n) is 3.56. The predicted molar refractivity (Wildman–Crippen MR) is 80.8 cm³/mol. The summed E-state index contributed by atoms with van der Waals surface area (Å²) in [5.74, 6) is 0.722. The summed E-state index contributed by atoms with van der Waals surface area (Å²) in [5.41, 5.74) is 2.96. The van der Waals surface area contributed by atoms with Crippen LogP contribution in [0.25, 0.3) is 0 Å². The molecule has 19 heavy (non-hydrogen) atoms. The lowest BCUT2D eigenvalue weighted by atomic mass is 10.1. The maximum Gasteiger partial charge on any atom is 0.232 e. The van der Waals surface area contributed by atoms with E-state index in [1.165, 1.54) is 35.3 Å². The van der Waals surface area contributed by atoms with E-state index in [1.54, 1.807) is 16.7 Å². The summed E-state index contributed by atoms with van der Waals surface area (Å²) in [5, 5.41) is 3.05. The van der Waals surface area contributed by atoms with E-state index < -0.39 is 0 Å². The lowest BCUT2D eigenvalue weighted by Gasteiger charge is -2.16. The van der Waals surface area contributed by atoms with Crippen LogP contribution >= 0.6 is 11.8 Å². The quantitative estimate of drug-likeness (QED) is 0.807. The zero-order valence-electron chi connectivity index (χ0n) is 11.7. The molecular formula is C15H22N2OS. The van der Waals surface area contributed by atoms with Gasteiger partial charge in [-0.15, -0.1) is 11.8 Å². The van der Waals surface area contributed by atoms with Gasteiger partial charge >= 0.3 is 0 Å². The standard InChI is InChI=1S/C15H22N2OS/c1-16-8-9-17(2)15(18)11-19-14-7-6-12-4-3-5-13(12)10-14/h6-7,10,16H,3-5,8-9,11H2,1-2H3. The second-order valence-electron chi connectivity index (χ2n) is 4.99. The van der Waals surface area contributed by atoms with Crippen molar-refractivity contribution in [2.75, 3.05) is 32.9 Å². The van der Waals surface area contributed by atoms with E-state index >= 15 is 0 Å². The number of benzene rings is 1. The highest BCUT2D eigenvalue weighted by Gasteiger charge is 2.12. The number of amides is 1. The number of hydrogen-bond donors (Lipinski definition) is 1. The maximum atomic E-state index is 11.9. The molecule has 1 aromatic rings. The molecule has 2 rings (SSSR count). The van der Waals surface area contributed by atoms with E-state index in [9.17, 15) is 4.79 Å². The number of carbonyl (C=O) groups excluding carboxylic acids is 1. The fraction of sp³-hybridized carbons (Fsp3) is 0.533. The molecule has 0 heterocycles. The van der Waals surface area contributed by atoms with Crippen LogP contribution < -0.4 is 5.32 Å². The van der Waals surface area contributed by atoms with Crippen molar-refractivity contribution in [3.8, 4) is 0 Å². The summed E-state index contributed by atoms with van der Waals surface area (Å²) in [6.45, 7) is 1.60. The van der Waals surface area contributed by atoms with Crippen LogP contribution in [0.5, 0.6) is 0 Å². The van der Waals surface area contributed by atoms with E-state index in [0.29, 0.717) is 5.75 Å². The lowest BCUT2D eigenvalue weighted by Crippen LogP contribution is -2.33. The zero-order valence-corrected chi connectivity index (χ0v) is 12.6. The van der Waals surface area contributed by atoms with Gasteiger partial charge in [-0.2, -0.15) is 0 Å². The molecule has 1 N–H and O–H groups in total. The van der Waals surface area contributed by atoms with E-state index in [-0.39, 0.29) is 5.91 Å². The Balaban J connectivity index is 1.83. The first-order chi connectivity index (χ1) is 9.20. The van der Waals surface area contributed by atoms with Gasteiger partial charge < -0.3 is 10.2 Å². The van der Waals surface area contributed by atoms with Gasteiger partial charge in [0.1, 0.15) is 0 Å². The molecule has 1 amide bonds. The predicted octanol–water partition coefficient (Wildman–Crippen LogP) is 1.95. The molecule has 0 aliphatic heterocycles. The molecule has 3 nitrogen and oxygen atoms in total. The van der Waals surface area contributed by atoms with Crippen LogP contribution in [0.2, 0.25) is 0 Å². The second kappa shape index (κ2) is 6.96. The molecule has 0 radical (unpaired) electrons. The number of nitrogens with one attached hydrogen (secondary N) is 1. The van der Waals surface area contributed by atoms with Gasteiger partial charge in [0.2, 0.25) is 5.91 Å². The Morgan fingerprint density at radius 1 is 1.37 bits per heavy atom. The van der Waals surface area contributed by atoms with Crippen molar-refractivity contribution >= 4 is 17.7 Å². The molecule has 1 aliphatic carbocycles. The van der Waals surface area contributed by atoms with Gasteiger partial charge in [-0.3, -0.25) is 4.79 Å². The van der Waals surface area contributed by atoms with Crippen LogP contribution in [0, 0.1) is 0 Å². The molecule has 0 saturated carbocycles. The second-order valence-corrected chi connectivity index (χ2v) is 6.04. The van der Waals surface area contributed by atoms with Gasteiger partial charge in [0.15, 0.2) is 0 Å². The van der Waals surface area contributed by atoms with Crippen molar-refractivity contribution in [1.29, 1.82) is 0 Å². The minimum absolute atomic E-state index is 0.195. The Morgan fingerprint density at radius 2 is 2.16 bits per heavy atom. The summed E-state index contributed by atoms with van der Waals surface area (Å²) < 4.78 is 0. The van der Waals surface area contributed by atoms with Crippen molar-refractivity contribution in [3.05, 3.63) is 29.3 Å². The first-order valence-corrected chi connectivity index (χ1v) is 7.82. The van der Waals surface area contributed by atoms with Crippen LogP contribution in [0.4, 0.5) is 0 Å². The number of likely N-dealkylation sites (N-methyl/N-ethyl adjacent to an activating group) is 2. The molecule has 0 atom stereocenters.